The van der Waals surface area contributed by atoms with Gasteiger partial charge in [-0.3, -0.25) is 4.79 Å². The smallest absolute Gasteiger partial charge is 0.230 e. The summed E-state index contributed by atoms with van der Waals surface area (Å²) in [6, 6.07) is 5.76. The number of methoxy groups -OCH3 is 2. The minimum absolute atomic E-state index is 0.145. The van der Waals surface area contributed by atoms with E-state index in [1.807, 2.05) is 44.0 Å². The number of rotatable bonds is 6. The van der Waals surface area contributed by atoms with Crippen LogP contribution >= 0.6 is 0 Å². The molecule has 0 radical (unpaired) electrons. The second-order valence-corrected chi connectivity index (χ2v) is 6.04. The summed E-state index contributed by atoms with van der Waals surface area (Å²) in [4.78, 5) is 16.8. The zero-order valence-electron chi connectivity index (χ0n) is 15.3. The lowest BCUT2D eigenvalue weighted by atomic mass is 9.93. The number of hydrogen-bond acceptors (Lipinski definition) is 4. The Balaban J connectivity index is 2.44. The number of benzene rings is 1. The number of ether oxygens (including phenoxy) is 2. The molecule has 2 rings (SSSR count). The van der Waals surface area contributed by atoms with Crippen LogP contribution < -0.4 is 9.47 Å². The van der Waals surface area contributed by atoms with Crippen molar-refractivity contribution in [2.24, 2.45) is 5.92 Å². The van der Waals surface area contributed by atoms with Crippen molar-refractivity contribution >= 4 is 11.5 Å². The molecule has 0 unspecified atom stereocenters. The van der Waals surface area contributed by atoms with Crippen molar-refractivity contribution in [1.29, 1.82) is 0 Å². The molecule has 0 fully saturated rings. The van der Waals surface area contributed by atoms with Crippen LogP contribution in [0.2, 0.25) is 0 Å². The van der Waals surface area contributed by atoms with E-state index in [1.165, 1.54) is 0 Å². The maximum absolute atomic E-state index is 12.8. The van der Waals surface area contributed by atoms with Gasteiger partial charge < -0.3 is 19.3 Å². The molecule has 1 aromatic rings. The molecular weight excluding hydrogens is 304 g/mol. The van der Waals surface area contributed by atoms with Gasteiger partial charge in [-0.25, -0.2) is 0 Å². The molecule has 1 aliphatic heterocycles. The van der Waals surface area contributed by atoms with Gasteiger partial charge in [0.05, 0.1) is 25.7 Å². The number of nitrogens with zero attached hydrogens (tertiary/aromatic N) is 2. The van der Waals surface area contributed by atoms with E-state index >= 15 is 0 Å². The van der Waals surface area contributed by atoms with Gasteiger partial charge in [0.2, 0.25) is 5.91 Å². The Morgan fingerprint density at radius 2 is 1.79 bits per heavy atom. The zero-order chi connectivity index (χ0) is 17.7. The highest BCUT2D eigenvalue weighted by atomic mass is 16.5. The Bertz CT molecular complexity index is 586. The molecule has 0 aliphatic carbocycles. The lowest BCUT2D eigenvalue weighted by Crippen LogP contribution is -2.42. The van der Waals surface area contributed by atoms with Gasteiger partial charge in [-0.1, -0.05) is 12.1 Å². The van der Waals surface area contributed by atoms with Crippen LogP contribution in [0.25, 0.3) is 5.57 Å². The molecule has 24 heavy (non-hydrogen) atoms. The van der Waals surface area contributed by atoms with E-state index in [2.05, 4.69) is 11.0 Å². The van der Waals surface area contributed by atoms with Gasteiger partial charge in [0.25, 0.3) is 0 Å². The van der Waals surface area contributed by atoms with Crippen LogP contribution in [0.5, 0.6) is 11.5 Å². The van der Waals surface area contributed by atoms with Crippen molar-refractivity contribution in [3.63, 3.8) is 0 Å². The minimum atomic E-state index is -0.145. The van der Waals surface area contributed by atoms with Crippen LogP contribution in [0.3, 0.4) is 0 Å². The van der Waals surface area contributed by atoms with Crippen LogP contribution in [-0.4, -0.2) is 63.2 Å². The summed E-state index contributed by atoms with van der Waals surface area (Å²) >= 11 is 0. The normalized spacial score (nSPS) is 18.0. The Kier molecular flexibility index (Phi) is 6.26. The maximum atomic E-state index is 12.8. The average Bonchev–Trinajstić information content (AvgIpc) is 2.61. The fraction of sp³-hybridized carbons (Fsp3) is 0.526. The third-order valence-electron chi connectivity index (χ3n) is 4.49. The standard InChI is InChI=1S/C19H28N2O3/c1-6-21(7-2)19(22)15-11-14(12-20(3)13-15)18-16(23-4)9-8-10-17(18)24-5/h8-11,15H,6-7,12-13H2,1-5H3/t15-/m1/s1. The van der Waals surface area contributed by atoms with Crippen LogP contribution in [0.1, 0.15) is 19.4 Å². The monoisotopic (exact) mass is 332 g/mol. The summed E-state index contributed by atoms with van der Waals surface area (Å²) < 4.78 is 11.1. The lowest BCUT2D eigenvalue weighted by Gasteiger charge is -2.32. The third-order valence-corrected chi connectivity index (χ3v) is 4.49. The number of carbonyl (C=O) groups excluding carboxylic acids is 1. The summed E-state index contributed by atoms with van der Waals surface area (Å²) in [5.74, 6) is 1.57. The Morgan fingerprint density at radius 1 is 1.21 bits per heavy atom. The fourth-order valence-corrected chi connectivity index (χ4v) is 3.29. The van der Waals surface area contributed by atoms with E-state index in [0.29, 0.717) is 0 Å². The maximum Gasteiger partial charge on any atom is 0.230 e. The SMILES string of the molecule is CCN(CC)C(=O)[C@@H]1C=C(c2c(OC)cccc2OC)CN(C)C1. The van der Waals surface area contributed by atoms with Crippen molar-refractivity contribution in [2.45, 2.75) is 13.8 Å². The third kappa shape index (κ3) is 3.73. The summed E-state index contributed by atoms with van der Waals surface area (Å²) in [7, 11) is 5.35. The van der Waals surface area contributed by atoms with Gasteiger partial charge in [-0.05, 0) is 38.6 Å². The summed E-state index contributed by atoms with van der Waals surface area (Å²) in [6.07, 6.45) is 2.08. The predicted octanol–water partition coefficient (Wildman–Crippen LogP) is 2.52. The average molecular weight is 332 g/mol. The van der Waals surface area contributed by atoms with Gasteiger partial charge >= 0.3 is 0 Å². The first-order valence-electron chi connectivity index (χ1n) is 8.45. The Hall–Kier alpha value is -2.01. The van der Waals surface area contributed by atoms with Crippen molar-refractivity contribution in [1.82, 2.24) is 9.80 Å². The molecule has 5 nitrogen and oxygen atoms in total. The van der Waals surface area contributed by atoms with E-state index in [9.17, 15) is 4.79 Å². The predicted molar refractivity (Wildman–Crippen MR) is 96.4 cm³/mol. The molecule has 1 aromatic carbocycles. The summed E-state index contributed by atoms with van der Waals surface area (Å²) in [5.41, 5.74) is 2.01. The molecule has 0 bridgehead atoms. The van der Waals surface area contributed by atoms with E-state index < -0.39 is 0 Å². The lowest BCUT2D eigenvalue weighted by molar-refractivity contribution is -0.134. The molecule has 0 N–H and O–H groups in total. The summed E-state index contributed by atoms with van der Waals surface area (Å²) in [6.45, 7) is 6.99. The second-order valence-electron chi connectivity index (χ2n) is 6.04. The van der Waals surface area contributed by atoms with Crippen LogP contribution in [0.15, 0.2) is 24.3 Å². The zero-order valence-corrected chi connectivity index (χ0v) is 15.3. The molecular formula is C19H28N2O3. The second kappa shape index (κ2) is 8.20. The van der Waals surface area contributed by atoms with Gasteiger partial charge in [0, 0.05) is 26.2 Å². The van der Waals surface area contributed by atoms with Gasteiger partial charge in [-0.2, -0.15) is 0 Å². The van der Waals surface area contributed by atoms with Gasteiger partial charge in [0.15, 0.2) is 0 Å². The minimum Gasteiger partial charge on any atom is -0.496 e. The molecule has 1 aliphatic rings. The topological polar surface area (TPSA) is 42.0 Å². The quantitative estimate of drug-likeness (QED) is 0.803. The van der Waals surface area contributed by atoms with Crippen LogP contribution in [-0.2, 0) is 4.79 Å². The van der Waals surface area contributed by atoms with Crippen LogP contribution in [0.4, 0.5) is 0 Å². The number of amides is 1. The fourth-order valence-electron chi connectivity index (χ4n) is 3.29. The van der Waals surface area contributed by atoms with E-state index in [0.717, 1.165) is 48.8 Å². The van der Waals surface area contributed by atoms with Crippen LogP contribution in [0, 0.1) is 5.92 Å². The Labute approximate surface area is 144 Å². The first kappa shape index (κ1) is 18.3. The number of likely N-dealkylation sites (N-methyl/N-ethyl adjacent to an activating group) is 1. The molecule has 0 aromatic heterocycles. The number of carbonyl (C=O) groups is 1. The van der Waals surface area contributed by atoms with Crippen molar-refractivity contribution in [3.05, 3.63) is 29.8 Å². The van der Waals surface area contributed by atoms with Crippen molar-refractivity contribution < 1.29 is 14.3 Å². The highest BCUT2D eigenvalue weighted by molar-refractivity contribution is 5.86. The van der Waals surface area contributed by atoms with E-state index in [4.69, 9.17) is 9.47 Å². The highest BCUT2D eigenvalue weighted by Crippen LogP contribution is 2.37. The molecule has 132 valence electrons. The molecule has 0 spiro atoms. The summed E-state index contributed by atoms with van der Waals surface area (Å²) in [5, 5.41) is 0. The van der Waals surface area contributed by atoms with Crippen molar-refractivity contribution in [3.8, 4) is 11.5 Å². The molecule has 0 saturated heterocycles. The van der Waals surface area contributed by atoms with E-state index in [1.54, 1.807) is 14.2 Å². The Morgan fingerprint density at radius 3 is 2.29 bits per heavy atom. The van der Waals surface area contributed by atoms with Gasteiger partial charge in [-0.15, -0.1) is 0 Å². The van der Waals surface area contributed by atoms with Crippen molar-refractivity contribution in [2.75, 3.05) is 47.4 Å². The number of hydrogen-bond donors (Lipinski definition) is 0. The molecule has 5 heteroatoms. The molecule has 1 atom stereocenters. The highest BCUT2D eigenvalue weighted by Gasteiger charge is 2.28. The molecule has 1 amide bonds. The van der Waals surface area contributed by atoms with E-state index in [-0.39, 0.29) is 11.8 Å². The first-order valence-corrected chi connectivity index (χ1v) is 8.45. The van der Waals surface area contributed by atoms with Gasteiger partial charge in [0.1, 0.15) is 11.5 Å². The largest absolute Gasteiger partial charge is 0.496 e. The first-order chi connectivity index (χ1) is 11.5. The molecule has 1 heterocycles. The molecule has 0 saturated carbocycles.